The SMILES string of the molecule is CS(=O)(=O)c1cc(-c2ccccc2N(C#N)S(=O)O)ccc1CN(Cc1ccccc1)S(=O)(=O)c1cccs1. The molecule has 202 valence electrons. The maximum absolute atomic E-state index is 13.6. The fourth-order valence-electron chi connectivity index (χ4n) is 4.01. The van der Waals surface area contributed by atoms with Crippen LogP contribution in [0.3, 0.4) is 0 Å². The molecule has 0 saturated heterocycles. The Morgan fingerprint density at radius 1 is 0.923 bits per heavy atom. The van der Waals surface area contributed by atoms with Crippen LogP contribution in [-0.2, 0) is 44.2 Å². The molecule has 1 heterocycles. The summed E-state index contributed by atoms with van der Waals surface area (Å²) in [4.78, 5) is -0.0946. The summed E-state index contributed by atoms with van der Waals surface area (Å²) < 4.78 is 76.2. The first-order chi connectivity index (χ1) is 18.5. The zero-order chi connectivity index (χ0) is 28.2. The van der Waals surface area contributed by atoms with E-state index in [-0.39, 0.29) is 33.4 Å². The van der Waals surface area contributed by atoms with Gasteiger partial charge in [-0.1, -0.05) is 66.7 Å². The van der Waals surface area contributed by atoms with Gasteiger partial charge in [-0.3, -0.25) is 4.55 Å². The molecule has 1 N–H and O–H groups in total. The minimum atomic E-state index is -3.96. The fraction of sp³-hybridized carbons (Fsp3) is 0.115. The van der Waals surface area contributed by atoms with Crippen LogP contribution in [0.1, 0.15) is 11.1 Å². The van der Waals surface area contributed by atoms with E-state index in [2.05, 4.69) is 0 Å². The molecule has 0 aliphatic carbocycles. The van der Waals surface area contributed by atoms with Gasteiger partial charge in [0.05, 0.1) is 10.6 Å². The van der Waals surface area contributed by atoms with E-state index in [1.165, 1.54) is 28.6 Å². The predicted molar refractivity (Wildman–Crippen MR) is 151 cm³/mol. The highest BCUT2D eigenvalue weighted by Gasteiger charge is 2.28. The third-order valence-electron chi connectivity index (χ3n) is 5.79. The Balaban J connectivity index is 1.82. The molecule has 0 bridgehead atoms. The van der Waals surface area contributed by atoms with Crippen molar-refractivity contribution in [3.63, 3.8) is 0 Å². The minimum Gasteiger partial charge on any atom is -0.288 e. The average Bonchev–Trinajstić information content (AvgIpc) is 3.45. The molecule has 4 rings (SSSR count). The molecule has 39 heavy (non-hydrogen) atoms. The first-order valence-electron chi connectivity index (χ1n) is 11.3. The maximum Gasteiger partial charge on any atom is 0.275 e. The topological polar surface area (TPSA) is 136 Å². The smallest absolute Gasteiger partial charge is 0.275 e. The molecule has 0 saturated carbocycles. The highest BCUT2D eigenvalue weighted by Crippen LogP contribution is 2.34. The Morgan fingerprint density at radius 3 is 2.23 bits per heavy atom. The molecule has 1 unspecified atom stereocenters. The summed E-state index contributed by atoms with van der Waals surface area (Å²) >= 11 is -1.56. The first kappa shape index (κ1) is 28.6. The number of anilines is 1. The largest absolute Gasteiger partial charge is 0.288 e. The fourth-order valence-corrected chi connectivity index (χ4v) is 7.90. The second-order valence-corrected chi connectivity index (χ2v) is 14.4. The molecule has 0 aliphatic heterocycles. The van der Waals surface area contributed by atoms with Gasteiger partial charge in [0.15, 0.2) is 16.0 Å². The summed E-state index contributed by atoms with van der Waals surface area (Å²) in [7, 11) is -7.80. The summed E-state index contributed by atoms with van der Waals surface area (Å²) in [6.45, 7) is -0.196. The molecule has 0 radical (unpaired) electrons. The minimum absolute atomic E-state index is 0.0221. The summed E-state index contributed by atoms with van der Waals surface area (Å²) in [5.74, 6) is 0. The van der Waals surface area contributed by atoms with E-state index in [9.17, 15) is 30.9 Å². The quantitative estimate of drug-likeness (QED) is 0.159. The number of sulfonamides is 1. The van der Waals surface area contributed by atoms with Crippen molar-refractivity contribution in [2.45, 2.75) is 22.2 Å². The van der Waals surface area contributed by atoms with Crippen molar-refractivity contribution >= 4 is 48.2 Å². The summed E-state index contributed by atoms with van der Waals surface area (Å²) in [6, 6.07) is 22.9. The maximum atomic E-state index is 13.6. The lowest BCUT2D eigenvalue weighted by Crippen LogP contribution is -2.30. The van der Waals surface area contributed by atoms with Gasteiger partial charge in [0.1, 0.15) is 4.21 Å². The number of nitriles is 1. The Hall–Kier alpha value is -3.38. The Bertz CT molecular complexity index is 1750. The van der Waals surface area contributed by atoms with Crippen LogP contribution in [0.2, 0.25) is 0 Å². The van der Waals surface area contributed by atoms with E-state index in [1.54, 1.807) is 66.2 Å². The Labute approximate surface area is 234 Å². The highest BCUT2D eigenvalue weighted by molar-refractivity contribution is 7.91. The van der Waals surface area contributed by atoms with Gasteiger partial charge < -0.3 is 0 Å². The number of benzene rings is 3. The lowest BCUT2D eigenvalue weighted by molar-refractivity contribution is 0.399. The van der Waals surface area contributed by atoms with Crippen LogP contribution in [0.25, 0.3) is 11.1 Å². The molecule has 0 spiro atoms. The number of nitrogens with zero attached hydrogens (tertiary/aromatic N) is 3. The average molecular weight is 602 g/mol. The van der Waals surface area contributed by atoms with Crippen LogP contribution in [0.5, 0.6) is 0 Å². The molecular weight excluding hydrogens is 579 g/mol. The third-order valence-corrected chi connectivity index (χ3v) is 10.7. The Kier molecular flexibility index (Phi) is 8.65. The lowest BCUT2D eigenvalue weighted by Gasteiger charge is -2.23. The van der Waals surface area contributed by atoms with Gasteiger partial charge in [-0.2, -0.15) is 13.9 Å². The van der Waals surface area contributed by atoms with Crippen LogP contribution in [0, 0.1) is 11.5 Å². The zero-order valence-electron chi connectivity index (χ0n) is 20.5. The Morgan fingerprint density at radius 2 is 1.62 bits per heavy atom. The van der Waals surface area contributed by atoms with E-state index in [1.807, 2.05) is 6.07 Å². The van der Waals surface area contributed by atoms with E-state index in [0.29, 0.717) is 15.4 Å². The molecule has 1 aromatic heterocycles. The molecule has 9 nitrogen and oxygen atoms in total. The van der Waals surface area contributed by atoms with Crippen LogP contribution in [-0.4, -0.2) is 36.2 Å². The van der Waals surface area contributed by atoms with Crippen LogP contribution < -0.4 is 4.31 Å². The van der Waals surface area contributed by atoms with Gasteiger partial charge in [-0.15, -0.1) is 11.3 Å². The lowest BCUT2D eigenvalue weighted by atomic mass is 10.0. The number of rotatable bonds is 10. The van der Waals surface area contributed by atoms with E-state index < -0.39 is 31.1 Å². The molecule has 1 atom stereocenters. The molecule has 0 amide bonds. The number of para-hydroxylation sites is 1. The number of sulfone groups is 1. The van der Waals surface area contributed by atoms with Crippen molar-refractivity contribution in [2.24, 2.45) is 0 Å². The van der Waals surface area contributed by atoms with Gasteiger partial charge in [0.25, 0.3) is 21.3 Å². The van der Waals surface area contributed by atoms with Crippen LogP contribution in [0.15, 0.2) is 99.4 Å². The van der Waals surface area contributed by atoms with Gasteiger partial charge in [0, 0.05) is 24.9 Å². The van der Waals surface area contributed by atoms with Crippen molar-refractivity contribution in [1.82, 2.24) is 4.31 Å². The van der Waals surface area contributed by atoms with Crippen LogP contribution in [0.4, 0.5) is 5.69 Å². The predicted octanol–water partition coefficient (Wildman–Crippen LogP) is 4.63. The normalized spacial score (nSPS) is 12.7. The molecular formula is C26H23N3O6S4. The van der Waals surface area contributed by atoms with Gasteiger partial charge in [0.2, 0.25) is 0 Å². The summed E-state index contributed by atoms with van der Waals surface area (Å²) in [5.41, 5.74) is 1.83. The molecule has 4 aromatic rings. The van der Waals surface area contributed by atoms with E-state index in [0.717, 1.165) is 23.2 Å². The molecule has 13 heteroatoms. The van der Waals surface area contributed by atoms with E-state index in [4.69, 9.17) is 0 Å². The highest BCUT2D eigenvalue weighted by atomic mass is 32.2. The second kappa shape index (κ2) is 11.8. The van der Waals surface area contributed by atoms with E-state index >= 15 is 0 Å². The van der Waals surface area contributed by atoms with Crippen molar-refractivity contribution in [2.75, 3.05) is 10.6 Å². The zero-order valence-corrected chi connectivity index (χ0v) is 23.8. The summed E-state index contributed by atoms with van der Waals surface area (Å²) in [5, 5.41) is 11.0. The standard InChI is InChI=1S/C26H23N3O6S4/c1-38(32,33)25-16-21(23-10-5-6-11-24(23)29(19-27)37(30)31)13-14-22(25)18-28(17-20-8-3-2-4-9-20)39(34,35)26-12-7-15-36-26/h2-16H,17-18H2,1H3,(H,30,31). The summed E-state index contributed by atoms with van der Waals surface area (Å²) in [6.07, 6.45) is 2.68. The molecule has 0 fully saturated rings. The van der Waals surface area contributed by atoms with Gasteiger partial charge >= 0.3 is 0 Å². The van der Waals surface area contributed by atoms with Crippen molar-refractivity contribution in [3.05, 3.63) is 101 Å². The monoisotopic (exact) mass is 601 g/mol. The van der Waals surface area contributed by atoms with Crippen molar-refractivity contribution in [1.29, 1.82) is 5.26 Å². The number of hydrogen-bond acceptors (Lipinski definition) is 7. The molecule has 0 aliphatic rings. The van der Waals surface area contributed by atoms with Crippen LogP contribution >= 0.6 is 11.3 Å². The molecule has 3 aromatic carbocycles. The van der Waals surface area contributed by atoms with Crippen molar-refractivity contribution in [3.8, 4) is 17.3 Å². The number of thiophene rings is 1. The first-order valence-corrected chi connectivity index (χ1v) is 16.6. The van der Waals surface area contributed by atoms with Crippen molar-refractivity contribution < 1.29 is 25.6 Å². The third kappa shape index (κ3) is 6.44. The second-order valence-electron chi connectivity index (χ2n) is 8.43. The van der Waals surface area contributed by atoms with Gasteiger partial charge in [-0.05, 0) is 40.3 Å². The number of hydrogen-bond donors (Lipinski definition) is 1. The van der Waals surface area contributed by atoms with Gasteiger partial charge in [-0.25, -0.2) is 21.0 Å².